The van der Waals surface area contributed by atoms with Gasteiger partial charge < -0.3 is 0 Å². The van der Waals surface area contributed by atoms with Gasteiger partial charge in [-0.15, -0.1) is 0 Å². The molecule has 0 spiro atoms. The van der Waals surface area contributed by atoms with Gasteiger partial charge in [0.05, 0.1) is 4.90 Å². The average molecular weight is 198 g/mol. The summed E-state index contributed by atoms with van der Waals surface area (Å²) >= 11 is 0. The fourth-order valence-corrected chi connectivity index (χ4v) is 1.75. The maximum absolute atomic E-state index is 11.0. The molecule has 3 nitrogen and oxygen atoms in total. The van der Waals surface area contributed by atoms with Crippen molar-refractivity contribution in [3.63, 3.8) is 0 Å². The van der Waals surface area contributed by atoms with E-state index in [0.29, 0.717) is 0 Å². The van der Waals surface area contributed by atoms with Crippen LogP contribution in [0.2, 0.25) is 0 Å². The summed E-state index contributed by atoms with van der Waals surface area (Å²) in [6.07, 6.45) is 0.754. The summed E-state index contributed by atoms with van der Waals surface area (Å²) in [7, 11) is -3.58. The summed E-state index contributed by atoms with van der Waals surface area (Å²) in [5, 5.41) is 5.01. The SMILES string of the molecule is CCc1[c]c(C)cc(S(N)(=O)=O)c1. The van der Waals surface area contributed by atoms with E-state index >= 15 is 0 Å². The molecule has 1 aromatic rings. The highest BCUT2D eigenvalue weighted by Gasteiger charge is 2.08. The number of aryl methyl sites for hydroxylation is 2. The molecule has 0 aromatic heterocycles. The first-order valence-electron chi connectivity index (χ1n) is 3.99. The molecule has 0 bridgehead atoms. The van der Waals surface area contributed by atoms with Crippen molar-refractivity contribution in [1.29, 1.82) is 0 Å². The fraction of sp³-hybridized carbons (Fsp3) is 0.333. The Balaban J connectivity index is 3.33. The molecule has 4 heteroatoms. The minimum atomic E-state index is -3.58. The van der Waals surface area contributed by atoms with Gasteiger partial charge in [0.1, 0.15) is 0 Å². The number of rotatable bonds is 2. The smallest absolute Gasteiger partial charge is 0.225 e. The normalized spacial score (nSPS) is 11.6. The Morgan fingerprint density at radius 3 is 2.54 bits per heavy atom. The van der Waals surface area contributed by atoms with E-state index in [1.807, 2.05) is 6.92 Å². The lowest BCUT2D eigenvalue weighted by Gasteiger charge is -2.02. The second-order valence-electron chi connectivity index (χ2n) is 2.92. The molecule has 1 radical (unpaired) electrons. The van der Waals surface area contributed by atoms with Crippen molar-refractivity contribution >= 4 is 10.0 Å². The van der Waals surface area contributed by atoms with Gasteiger partial charge in [-0.05, 0) is 42.7 Å². The molecule has 1 rings (SSSR count). The third-order valence-corrected chi connectivity index (χ3v) is 2.64. The van der Waals surface area contributed by atoms with E-state index in [1.54, 1.807) is 13.0 Å². The zero-order valence-electron chi connectivity index (χ0n) is 7.66. The molecule has 0 heterocycles. The molecule has 0 fully saturated rings. The van der Waals surface area contributed by atoms with Crippen LogP contribution in [-0.4, -0.2) is 8.42 Å². The highest BCUT2D eigenvalue weighted by Crippen LogP contribution is 2.12. The minimum absolute atomic E-state index is 0.167. The van der Waals surface area contributed by atoms with E-state index in [1.165, 1.54) is 6.07 Å². The van der Waals surface area contributed by atoms with Crippen LogP contribution >= 0.6 is 0 Å². The Bertz CT molecular complexity index is 410. The Morgan fingerprint density at radius 1 is 1.46 bits per heavy atom. The number of primary sulfonamides is 1. The Kier molecular flexibility index (Phi) is 2.73. The van der Waals surface area contributed by atoms with Crippen molar-refractivity contribution in [2.24, 2.45) is 5.14 Å². The molecule has 0 saturated heterocycles. The van der Waals surface area contributed by atoms with Crippen molar-refractivity contribution < 1.29 is 8.42 Å². The van der Waals surface area contributed by atoms with Gasteiger partial charge in [-0.2, -0.15) is 0 Å². The lowest BCUT2D eigenvalue weighted by Crippen LogP contribution is -2.12. The van der Waals surface area contributed by atoms with E-state index in [9.17, 15) is 8.42 Å². The van der Waals surface area contributed by atoms with Crippen molar-refractivity contribution in [2.75, 3.05) is 0 Å². The fourth-order valence-electron chi connectivity index (χ4n) is 1.11. The summed E-state index contributed by atoms with van der Waals surface area (Å²) in [6, 6.07) is 6.13. The van der Waals surface area contributed by atoms with Gasteiger partial charge >= 0.3 is 0 Å². The van der Waals surface area contributed by atoms with Gasteiger partial charge in [-0.3, -0.25) is 0 Å². The van der Waals surface area contributed by atoms with Gasteiger partial charge in [-0.25, -0.2) is 13.6 Å². The molecular weight excluding hydrogens is 186 g/mol. The van der Waals surface area contributed by atoms with Gasteiger partial charge in [0.2, 0.25) is 10.0 Å². The van der Waals surface area contributed by atoms with Crippen LogP contribution in [0.3, 0.4) is 0 Å². The summed E-state index contributed by atoms with van der Waals surface area (Å²) in [5.74, 6) is 0. The van der Waals surface area contributed by atoms with E-state index in [0.717, 1.165) is 17.5 Å². The highest BCUT2D eigenvalue weighted by atomic mass is 32.2. The number of sulfonamides is 1. The molecule has 0 aliphatic rings. The monoisotopic (exact) mass is 198 g/mol. The first kappa shape index (κ1) is 10.2. The lowest BCUT2D eigenvalue weighted by atomic mass is 10.1. The second kappa shape index (κ2) is 3.47. The summed E-state index contributed by atoms with van der Waals surface area (Å²) < 4.78 is 22.0. The van der Waals surface area contributed by atoms with Crippen molar-refractivity contribution in [3.05, 3.63) is 29.3 Å². The first-order valence-corrected chi connectivity index (χ1v) is 5.53. The van der Waals surface area contributed by atoms with Gasteiger partial charge in [0, 0.05) is 0 Å². The highest BCUT2D eigenvalue weighted by molar-refractivity contribution is 7.89. The van der Waals surface area contributed by atoms with Gasteiger partial charge in [0.15, 0.2) is 0 Å². The zero-order chi connectivity index (χ0) is 10.1. The topological polar surface area (TPSA) is 60.2 Å². The van der Waals surface area contributed by atoms with Crippen LogP contribution in [0.1, 0.15) is 18.1 Å². The Labute approximate surface area is 78.6 Å². The molecule has 2 N–H and O–H groups in total. The van der Waals surface area contributed by atoms with E-state index in [4.69, 9.17) is 5.14 Å². The number of benzene rings is 1. The first-order chi connectivity index (χ1) is 5.93. The molecule has 13 heavy (non-hydrogen) atoms. The van der Waals surface area contributed by atoms with Crippen LogP contribution in [0.25, 0.3) is 0 Å². The molecule has 0 aliphatic carbocycles. The predicted octanol–water partition coefficient (Wildman–Crippen LogP) is 1.01. The van der Waals surface area contributed by atoms with Crippen LogP contribution < -0.4 is 5.14 Å². The van der Waals surface area contributed by atoms with E-state index < -0.39 is 10.0 Å². The molecule has 0 atom stereocenters. The quantitative estimate of drug-likeness (QED) is 0.770. The molecule has 0 saturated carbocycles. The van der Waals surface area contributed by atoms with E-state index in [2.05, 4.69) is 6.07 Å². The summed E-state index contributed by atoms with van der Waals surface area (Å²) in [6.45, 7) is 3.74. The second-order valence-corrected chi connectivity index (χ2v) is 4.48. The Hall–Kier alpha value is -0.870. The molecule has 0 aliphatic heterocycles. The largest absolute Gasteiger partial charge is 0.238 e. The van der Waals surface area contributed by atoms with Crippen LogP contribution in [0.15, 0.2) is 17.0 Å². The molecule has 0 amide bonds. The summed E-state index contributed by atoms with van der Waals surface area (Å²) in [5.41, 5.74) is 1.66. The third-order valence-electron chi connectivity index (χ3n) is 1.74. The van der Waals surface area contributed by atoms with Crippen molar-refractivity contribution in [1.82, 2.24) is 0 Å². The third kappa shape index (κ3) is 2.54. The number of hydrogen-bond donors (Lipinski definition) is 1. The minimum Gasteiger partial charge on any atom is -0.225 e. The average Bonchev–Trinajstić information content (AvgIpc) is 2.01. The molecule has 71 valence electrons. The van der Waals surface area contributed by atoms with Crippen molar-refractivity contribution in [3.8, 4) is 0 Å². The standard InChI is InChI=1S/C9H12NO2S/c1-3-8-4-7(2)5-9(6-8)13(10,11)12/h5-6H,3H2,1-2H3,(H2,10,11,12). The van der Waals surface area contributed by atoms with Crippen LogP contribution in [0.4, 0.5) is 0 Å². The molecule has 0 unspecified atom stereocenters. The lowest BCUT2D eigenvalue weighted by molar-refractivity contribution is 0.597. The van der Waals surface area contributed by atoms with E-state index in [-0.39, 0.29) is 4.90 Å². The number of hydrogen-bond acceptors (Lipinski definition) is 2. The molecule has 1 aromatic carbocycles. The maximum atomic E-state index is 11.0. The van der Waals surface area contributed by atoms with Gasteiger partial charge in [-0.1, -0.05) is 6.92 Å². The van der Waals surface area contributed by atoms with Crippen molar-refractivity contribution in [2.45, 2.75) is 25.2 Å². The Morgan fingerprint density at radius 2 is 2.08 bits per heavy atom. The predicted molar refractivity (Wildman–Crippen MR) is 50.8 cm³/mol. The zero-order valence-corrected chi connectivity index (χ0v) is 8.48. The summed E-state index contributed by atoms with van der Waals surface area (Å²) in [4.78, 5) is 0.167. The van der Waals surface area contributed by atoms with Crippen LogP contribution in [0.5, 0.6) is 0 Å². The van der Waals surface area contributed by atoms with Crippen LogP contribution in [0, 0.1) is 13.0 Å². The van der Waals surface area contributed by atoms with Gasteiger partial charge in [0.25, 0.3) is 0 Å². The van der Waals surface area contributed by atoms with Crippen LogP contribution in [-0.2, 0) is 16.4 Å². The molecular formula is C9H12NO2S. The number of nitrogens with two attached hydrogens (primary N) is 1. The maximum Gasteiger partial charge on any atom is 0.238 e.